The molecular weight excluding hydrogens is 236 g/mol. The first kappa shape index (κ1) is 13.3. The molecule has 1 N–H and O–H groups in total. The maximum absolute atomic E-state index is 12.0. The quantitative estimate of drug-likeness (QED) is 0.728. The Morgan fingerprint density at radius 3 is 2.53 bits per heavy atom. The van der Waals surface area contributed by atoms with Crippen LogP contribution in [0.5, 0.6) is 0 Å². The normalized spacial score (nSPS) is 23.5. The molecule has 17 heavy (non-hydrogen) atoms. The Labute approximate surface area is 105 Å². The summed E-state index contributed by atoms with van der Waals surface area (Å²) in [6.45, 7) is 2.20. The summed E-state index contributed by atoms with van der Waals surface area (Å²) in [6.07, 6.45) is 8.55. The average molecular weight is 259 g/mol. The van der Waals surface area contributed by atoms with Gasteiger partial charge >= 0.3 is 0 Å². The SMILES string of the molecule is O=S(=O)(CCCNC1CCC1)N1CC[CH]CC1. The molecule has 4 nitrogen and oxygen atoms in total. The van der Waals surface area contributed by atoms with Crippen LogP contribution in [0.4, 0.5) is 0 Å². The molecule has 1 aliphatic carbocycles. The minimum Gasteiger partial charge on any atom is -0.314 e. The molecule has 1 heterocycles. The molecule has 5 heteroatoms. The fraction of sp³-hybridized carbons (Fsp3) is 0.917. The van der Waals surface area contributed by atoms with E-state index in [0.29, 0.717) is 24.9 Å². The summed E-state index contributed by atoms with van der Waals surface area (Å²) >= 11 is 0. The van der Waals surface area contributed by atoms with Crippen LogP contribution in [-0.4, -0.2) is 44.2 Å². The summed E-state index contributed by atoms with van der Waals surface area (Å²) in [7, 11) is -3.00. The van der Waals surface area contributed by atoms with Crippen LogP contribution in [-0.2, 0) is 10.0 Å². The molecular formula is C12H23N2O2S. The first-order chi connectivity index (χ1) is 8.18. The van der Waals surface area contributed by atoms with E-state index in [1.54, 1.807) is 4.31 Å². The van der Waals surface area contributed by atoms with Crippen molar-refractivity contribution in [1.82, 2.24) is 9.62 Å². The van der Waals surface area contributed by atoms with E-state index in [9.17, 15) is 8.42 Å². The van der Waals surface area contributed by atoms with Gasteiger partial charge < -0.3 is 5.32 Å². The van der Waals surface area contributed by atoms with Crippen LogP contribution in [0.3, 0.4) is 0 Å². The summed E-state index contributed by atoms with van der Waals surface area (Å²) in [6, 6.07) is 0.655. The van der Waals surface area contributed by atoms with Gasteiger partial charge in [0.1, 0.15) is 0 Å². The zero-order chi connectivity index (χ0) is 12.1. The lowest BCUT2D eigenvalue weighted by molar-refractivity contribution is 0.339. The third-order valence-corrected chi connectivity index (χ3v) is 5.63. The molecule has 2 rings (SSSR count). The summed E-state index contributed by atoms with van der Waals surface area (Å²) in [4.78, 5) is 0. The van der Waals surface area contributed by atoms with Gasteiger partial charge in [0.05, 0.1) is 5.75 Å². The van der Waals surface area contributed by atoms with E-state index >= 15 is 0 Å². The third-order valence-electron chi connectivity index (χ3n) is 3.68. The van der Waals surface area contributed by atoms with E-state index in [0.717, 1.165) is 25.8 Å². The highest BCUT2D eigenvalue weighted by Crippen LogP contribution is 2.18. The van der Waals surface area contributed by atoms with Crippen LogP contribution in [0.1, 0.15) is 38.5 Å². The van der Waals surface area contributed by atoms with Crippen molar-refractivity contribution < 1.29 is 8.42 Å². The highest BCUT2D eigenvalue weighted by molar-refractivity contribution is 7.89. The van der Waals surface area contributed by atoms with E-state index in [2.05, 4.69) is 11.7 Å². The highest BCUT2D eigenvalue weighted by atomic mass is 32.2. The van der Waals surface area contributed by atoms with Crippen LogP contribution < -0.4 is 5.32 Å². The molecule has 0 aromatic rings. The Balaban J connectivity index is 1.65. The average Bonchev–Trinajstić information content (AvgIpc) is 2.27. The van der Waals surface area contributed by atoms with Crippen molar-refractivity contribution in [2.75, 3.05) is 25.4 Å². The molecule has 0 aromatic carbocycles. The number of rotatable bonds is 6. The maximum atomic E-state index is 12.0. The van der Waals surface area contributed by atoms with E-state index in [1.165, 1.54) is 19.3 Å². The molecule has 0 amide bonds. The number of sulfonamides is 1. The van der Waals surface area contributed by atoms with Gasteiger partial charge in [-0.15, -0.1) is 0 Å². The second-order valence-electron chi connectivity index (χ2n) is 5.02. The predicted molar refractivity (Wildman–Crippen MR) is 69.2 cm³/mol. The lowest BCUT2D eigenvalue weighted by Crippen LogP contribution is -2.39. The lowest BCUT2D eigenvalue weighted by atomic mass is 9.93. The van der Waals surface area contributed by atoms with Crippen molar-refractivity contribution in [2.45, 2.75) is 44.6 Å². The zero-order valence-corrected chi connectivity index (χ0v) is 11.2. The van der Waals surface area contributed by atoms with Crippen LogP contribution in [0.15, 0.2) is 0 Å². The standard InChI is InChI=1S/C12H23N2O2S/c15-17(16,14-9-2-1-3-10-14)11-5-8-13-12-6-4-7-12/h1,12-13H,2-11H2. The molecule has 0 atom stereocenters. The van der Waals surface area contributed by atoms with Gasteiger partial charge in [-0.05, 0) is 45.1 Å². The van der Waals surface area contributed by atoms with Crippen LogP contribution in [0.25, 0.3) is 0 Å². The summed E-state index contributed by atoms with van der Waals surface area (Å²) in [5.41, 5.74) is 0. The van der Waals surface area contributed by atoms with Gasteiger partial charge in [-0.3, -0.25) is 0 Å². The fourth-order valence-corrected chi connectivity index (χ4v) is 3.84. The topological polar surface area (TPSA) is 49.4 Å². The second kappa shape index (κ2) is 6.16. The van der Waals surface area contributed by atoms with Crippen LogP contribution >= 0.6 is 0 Å². The Morgan fingerprint density at radius 2 is 1.94 bits per heavy atom. The van der Waals surface area contributed by atoms with Crippen molar-refractivity contribution >= 4 is 10.0 Å². The van der Waals surface area contributed by atoms with Crippen molar-refractivity contribution in [3.63, 3.8) is 0 Å². The van der Waals surface area contributed by atoms with E-state index < -0.39 is 10.0 Å². The molecule has 0 unspecified atom stereocenters. The molecule has 1 saturated carbocycles. The molecule has 2 fully saturated rings. The van der Waals surface area contributed by atoms with Crippen molar-refractivity contribution in [3.05, 3.63) is 6.42 Å². The highest BCUT2D eigenvalue weighted by Gasteiger charge is 2.23. The second-order valence-corrected chi connectivity index (χ2v) is 7.11. The van der Waals surface area contributed by atoms with Gasteiger partial charge in [0, 0.05) is 19.1 Å². The molecule has 1 saturated heterocycles. The van der Waals surface area contributed by atoms with Crippen LogP contribution in [0, 0.1) is 6.42 Å². The molecule has 99 valence electrons. The predicted octanol–water partition coefficient (Wildman–Crippen LogP) is 1.15. The van der Waals surface area contributed by atoms with E-state index in [1.807, 2.05) is 0 Å². The van der Waals surface area contributed by atoms with Gasteiger partial charge in [-0.25, -0.2) is 12.7 Å². The van der Waals surface area contributed by atoms with Crippen molar-refractivity contribution in [3.8, 4) is 0 Å². The van der Waals surface area contributed by atoms with E-state index in [-0.39, 0.29) is 0 Å². The first-order valence-corrected chi connectivity index (χ1v) is 8.32. The van der Waals surface area contributed by atoms with Gasteiger partial charge in [0.25, 0.3) is 0 Å². The van der Waals surface area contributed by atoms with Gasteiger partial charge in [0.15, 0.2) is 0 Å². The Morgan fingerprint density at radius 1 is 1.24 bits per heavy atom. The Kier molecular flexibility index (Phi) is 4.82. The lowest BCUT2D eigenvalue weighted by Gasteiger charge is -2.27. The zero-order valence-electron chi connectivity index (χ0n) is 10.4. The molecule has 2 aliphatic rings. The van der Waals surface area contributed by atoms with E-state index in [4.69, 9.17) is 0 Å². The number of hydrogen-bond donors (Lipinski definition) is 1. The smallest absolute Gasteiger partial charge is 0.214 e. The Bertz CT molecular complexity index is 319. The largest absolute Gasteiger partial charge is 0.314 e. The minimum absolute atomic E-state index is 0.298. The molecule has 1 aliphatic heterocycles. The molecule has 1 radical (unpaired) electrons. The molecule has 0 spiro atoms. The first-order valence-electron chi connectivity index (χ1n) is 6.71. The van der Waals surface area contributed by atoms with Gasteiger partial charge in [-0.2, -0.15) is 0 Å². The van der Waals surface area contributed by atoms with Crippen molar-refractivity contribution in [1.29, 1.82) is 0 Å². The maximum Gasteiger partial charge on any atom is 0.214 e. The van der Waals surface area contributed by atoms with Gasteiger partial charge in [0.2, 0.25) is 10.0 Å². The van der Waals surface area contributed by atoms with Crippen molar-refractivity contribution in [2.24, 2.45) is 0 Å². The minimum atomic E-state index is -3.00. The molecule has 0 bridgehead atoms. The van der Waals surface area contributed by atoms with Gasteiger partial charge in [-0.1, -0.05) is 6.42 Å². The summed E-state index contributed by atoms with van der Waals surface area (Å²) in [5, 5.41) is 3.41. The monoisotopic (exact) mass is 259 g/mol. The fourth-order valence-electron chi connectivity index (χ4n) is 2.31. The van der Waals surface area contributed by atoms with Crippen LogP contribution in [0.2, 0.25) is 0 Å². The number of nitrogens with zero attached hydrogens (tertiary/aromatic N) is 1. The summed E-state index contributed by atoms with van der Waals surface area (Å²) < 4.78 is 25.6. The number of hydrogen-bond acceptors (Lipinski definition) is 3. The number of nitrogens with one attached hydrogen (secondary N) is 1. The summed E-state index contributed by atoms with van der Waals surface area (Å²) in [5.74, 6) is 0.298. The Hall–Kier alpha value is -0.130. The molecule has 0 aromatic heterocycles. The number of piperidine rings is 1. The third kappa shape index (κ3) is 3.93.